The monoisotopic (exact) mass is 428 g/mol. The molecule has 1 heterocycles. The van der Waals surface area contributed by atoms with Crippen LogP contribution in [0, 0.1) is 0 Å². The summed E-state index contributed by atoms with van der Waals surface area (Å²) in [4.78, 5) is 39.7. The molecule has 0 radical (unpaired) electrons. The number of hydrogen-bond donors (Lipinski definition) is 2. The average molecular weight is 429 g/mol. The highest BCUT2D eigenvalue weighted by molar-refractivity contribution is 7.17. The first-order valence-electron chi connectivity index (χ1n) is 9.55. The average Bonchev–Trinajstić information content (AvgIpc) is 3.11. The number of hydrazone groups is 1. The van der Waals surface area contributed by atoms with Gasteiger partial charge in [-0.05, 0) is 48.9 Å². The number of rotatable bonds is 5. The lowest BCUT2D eigenvalue weighted by atomic mass is 9.95. The molecule has 0 bridgehead atoms. The van der Waals surface area contributed by atoms with Crippen LogP contribution in [0.15, 0.2) is 29.4 Å². The Bertz CT molecular complexity index is 980. The number of ether oxygens (including phenoxy) is 1. The second kappa shape index (κ2) is 9.53. The molecule has 0 saturated heterocycles. The molecule has 0 saturated carbocycles. The molecule has 0 aliphatic heterocycles. The van der Waals surface area contributed by atoms with Gasteiger partial charge in [-0.3, -0.25) is 9.59 Å². The molecule has 0 spiro atoms. The normalized spacial score (nSPS) is 12.9. The van der Waals surface area contributed by atoms with Crippen molar-refractivity contribution < 1.29 is 19.1 Å². The molecule has 0 atom stereocenters. The molecule has 1 aliphatic rings. The quantitative estimate of drug-likeness (QED) is 0.330. The lowest BCUT2D eigenvalue weighted by molar-refractivity contribution is -0.136. The first-order valence-corrected chi connectivity index (χ1v) is 10.4. The van der Waals surface area contributed by atoms with E-state index in [2.05, 4.69) is 15.8 Å². The summed E-state index contributed by atoms with van der Waals surface area (Å²) in [5.74, 6) is -2.32. The predicted molar refractivity (Wildman–Crippen MR) is 117 cm³/mol. The summed E-state index contributed by atoms with van der Waals surface area (Å²) in [5, 5.41) is 6.71. The van der Waals surface area contributed by atoms with E-state index in [1.54, 1.807) is 0 Å². The fourth-order valence-electron chi connectivity index (χ4n) is 3.21. The number of hydrogen-bond acceptors (Lipinski definition) is 7. The third kappa shape index (κ3) is 4.85. The van der Waals surface area contributed by atoms with E-state index in [4.69, 9.17) is 4.74 Å². The molecular formula is C21H24N4O4S. The first kappa shape index (κ1) is 21.5. The molecule has 8 nitrogen and oxygen atoms in total. The molecule has 1 aromatic heterocycles. The van der Waals surface area contributed by atoms with E-state index in [1.165, 1.54) is 24.7 Å². The van der Waals surface area contributed by atoms with Gasteiger partial charge in [0.25, 0.3) is 0 Å². The SMILES string of the molecule is COC(=O)c1c(NC(=O)C(=O)N/N=C/c2ccc(N(C)C)cc2)sc2c1CCCC2. The van der Waals surface area contributed by atoms with Gasteiger partial charge in [-0.2, -0.15) is 5.10 Å². The van der Waals surface area contributed by atoms with Crippen molar-refractivity contribution in [2.75, 3.05) is 31.4 Å². The second-order valence-corrected chi connectivity index (χ2v) is 8.15. The van der Waals surface area contributed by atoms with Crippen molar-refractivity contribution >= 4 is 46.0 Å². The van der Waals surface area contributed by atoms with Crippen molar-refractivity contribution in [1.29, 1.82) is 0 Å². The summed E-state index contributed by atoms with van der Waals surface area (Å²) in [7, 11) is 5.18. The summed E-state index contributed by atoms with van der Waals surface area (Å²) in [6.07, 6.45) is 5.07. The molecule has 158 valence electrons. The molecule has 2 amide bonds. The minimum absolute atomic E-state index is 0.345. The third-order valence-corrected chi connectivity index (χ3v) is 5.99. The van der Waals surface area contributed by atoms with Gasteiger partial charge in [0.2, 0.25) is 0 Å². The number of nitrogens with zero attached hydrogens (tertiary/aromatic N) is 2. The Labute approximate surface area is 178 Å². The van der Waals surface area contributed by atoms with E-state index < -0.39 is 17.8 Å². The molecule has 0 unspecified atom stereocenters. The van der Waals surface area contributed by atoms with Crippen molar-refractivity contribution in [3.05, 3.63) is 45.8 Å². The summed E-state index contributed by atoms with van der Waals surface area (Å²) in [5.41, 5.74) is 5.29. The third-order valence-electron chi connectivity index (χ3n) is 4.78. The Morgan fingerprint density at radius 2 is 1.80 bits per heavy atom. The van der Waals surface area contributed by atoms with Crippen molar-refractivity contribution in [3.8, 4) is 0 Å². The molecule has 9 heteroatoms. The predicted octanol–water partition coefficient (Wildman–Crippen LogP) is 2.57. The van der Waals surface area contributed by atoms with Crippen molar-refractivity contribution in [3.63, 3.8) is 0 Å². The minimum Gasteiger partial charge on any atom is -0.465 e. The van der Waals surface area contributed by atoms with Crippen LogP contribution in [0.4, 0.5) is 10.7 Å². The second-order valence-electron chi connectivity index (χ2n) is 7.05. The van der Waals surface area contributed by atoms with Crippen LogP contribution >= 0.6 is 11.3 Å². The molecule has 0 fully saturated rings. The van der Waals surface area contributed by atoms with E-state index >= 15 is 0 Å². The van der Waals surface area contributed by atoms with Gasteiger partial charge in [0.05, 0.1) is 18.9 Å². The molecular weight excluding hydrogens is 404 g/mol. The summed E-state index contributed by atoms with van der Waals surface area (Å²) in [6, 6.07) is 7.54. The fourth-order valence-corrected chi connectivity index (χ4v) is 4.48. The maximum Gasteiger partial charge on any atom is 0.341 e. The van der Waals surface area contributed by atoms with Crippen LogP contribution in [0.5, 0.6) is 0 Å². The van der Waals surface area contributed by atoms with Gasteiger partial charge < -0.3 is 15.0 Å². The van der Waals surface area contributed by atoms with Gasteiger partial charge in [0, 0.05) is 24.7 Å². The van der Waals surface area contributed by atoms with E-state index in [0.29, 0.717) is 10.6 Å². The Morgan fingerprint density at radius 1 is 1.10 bits per heavy atom. The maximum absolute atomic E-state index is 12.3. The molecule has 3 rings (SSSR count). The highest BCUT2D eigenvalue weighted by Gasteiger charge is 2.28. The molecule has 2 aromatic rings. The standard InChI is InChI=1S/C21H24N4O4S/c1-25(2)14-10-8-13(9-11-14)12-22-24-19(27)18(26)23-20-17(21(28)29-3)15-6-4-5-7-16(15)30-20/h8-12H,4-7H2,1-3H3,(H,23,26)(H,24,27)/b22-12+. The van der Waals surface area contributed by atoms with Crippen LogP contribution in [0.25, 0.3) is 0 Å². The molecule has 1 aliphatic carbocycles. The van der Waals surface area contributed by atoms with Crippen molar-refractivity contribution in [2.45, 2.75) is 25.7 Å². The van der Waals surface area contributed by atoms with Gasteiger partial charge in [-0.1, -0.05) is 12.1 Å². The van der Waals surface area contributed by atoms with Gasteiger partial charge in [0.15, 0.2) is 0 Å². The number of aryl methyl sites for hydroxylation is 1. The van der Waals surface area contributed by atoms with Gasteiger partial charge in [-0.15, -0.1) is 11.3 Å². The first-order chi connectivity index (χ1) is 14.4. The zero-order valence-electron chi connectivity index (χ0n) is 17.2. The highest BCUT2D eigenvalue weighted by atomic mass is 32.1. The Hall–Kier alpha value is -3.20. The number of anilines is 2. The number of nitrogens with one attached hydrogen (secondary N) is 2. The number of esters is 1. The Balaban J connectivity index is 1.65. The maximum atomic E-state index is 12.3. The number of benzene rings is 1. The number of thiophene rings is 1. The van der Waals surface area contributed by atoms with Crippen LogP contribution < -0.4 is 15.6 Å². The summed E-state index contributed by atoms with van der Waals surface area (Å²) < 4.78 is 4.87. The van der Waals surface area contributed by atoms with E-state index in [-0.39, 0.29) is 0 Å². The zero-order valence-corrected chi connectivity index (χ0v) is 18.0. The lowest BCUT2D eigenvalue weighted by Gasteiger charge is -2.11. The smallest absolute Gasteiger partial charge is 0.341 e. The largest absolute Gasteiger partial charge is 0.465 e. The van der Waals surface area contributed by atoms with Crippen LogP contribution in [0.1, 0.15) is 39.2 Å². The molecule has 2 N–H and O–H groups in total. The van der Waals surface area contributed by atoms with Gasteiger partial charge in [-0.25, -0.2) is 10.2 Å². The highest BCUT2D eigenvalue weighted by Crippen LogP contribution is 2.38. The van der Waals surface area contributed by atoms with Crippen LogP contribution in [0.2, 0.25) is 0 Å². The van der Waals surface area contributed by atoms with E-state index in [1.807, 2.05) is 43.3 Å². The Morgan fingerprint density at radius 3 is 2.47 bits per heavy atom. The van der Waals surface area contributed by atoms with Crippen molar-refractivity contribution in [1.82, 2.24) is 5.43 Å². The van der Waals surface area contributed by atoms with Crippen LogP contribution in [-0.4, -0.2) is 45.2 Å². The number of fused-ring (bicyclic) bond motifs is 1. The van der Waals surface area contributed by atoms with E-state index in [9.17, 15) is 14.4 Å². The fraction of sp³-hybridized carbons (Fsp3) is 0.333. The van der Waals surface area contributed by atoms with Gasteiger partial charge >= 0.3 is 17.8 Å². The topological polar surface area (TPSA) is 100 Å². The van der Waals surface area contributed by atoms with Crippen molar-refractivity contribution in [2.24, 2.45) is 5.10 Å². The van der Waals surface area contributed by atoms with Crippen LogP contribution in [-0.2, 0) is 27.2 Å². The molecule has 30 heavy (non-hydrogen) atoms. The number of amides is 2. The number of carbonyl (C=O) groups is 3. The number of methoxy groups -OCH3 is 1. The van der Waals surface area contributed by atoms with Crippen LogP contribution in [0.3, 0.4) is 0 Å². The lowest BCUT2D eigenvalue weighted by Crippen LogP contribution is -2.32. The zero-order chi connectivity index (χ0) is 21.7. The van der Waals surface area contributed by atoms with E-state index in [0.717, 1.165) is 47.4 Å². The minimum atomic E-state index is -0.918. The van der Waals surface area contributed by atoms with Gasteiger partial charge in [0.1, 0.15) is 5.00 Å². The Kier molecular flexibility index (Phi) is 6.83. The molecule has 1 aromatic carbocycles. The summed E-state index contributed by atoms with van der Waals surface area (Å²) in [6.45, 7) is 0. The summed E-state index contributed by atoms with van der Waals surface area (Å²) >= 11 is 1.32. The number of carbonyl (C=O) groups excluding carboxylic acids is 3.